The summed E-state index contributed by atoms with van der Waals surface area (Å²) < 4.78 is 9.88. The molecule has 0 aromatic rings. The maximum absolute atomic E-state index is 11.2. The first kappa shape index (κ1) is 16.2. The van der Waals surface area contributed by atoms with Crippen molar-refractivity contribution in [1.82, 2.24) is 0 Å². The van der Waals surface area contributed by atoms with Gasteiger partial charge in [0.25, 0.3) is 5.79 Å². The number of methoxy groups -OCH3 is 1. The SMILES string of the molecule is CO[C@]1(C(=O)O)CC(O)[C@@H](N)C([C@H](O)C(O)CO)O1. The molecule has 1 rings (SSSR count). The summed E-state index contributed by atoms with van der Waals surface area (Å²) in [6, 6.07) is -1.13. The minimum Gasteiger partial charge on any atom is -0.477 e. The third kappa shape index (κ3) is 3.03. The lowest BCUT2D eigenvalue weighted by Crippen LogP contribution is -2.66. The van der Waals surface area contributed by atoms with Gasteiger partial charge in [0.2, 0.25) is 0 Å². The minimum absolute atomic E-state index is 0.418. The Kier molecular flexibility index (Phi) is 5.21. The summed E-state index contributed by atoms with van der Waals surface area (Å²) >= 11 is 0. The first-order chi connectivity index (χ1) is 8.79. The molecule has 0 aliphatic carbocycles. The third-order valence-electron chi connectivity index (χ3n) is 3.20. The maximum atomic E-state index is 11.2. The van der Waals surface area contributed by atoms with E-state index in [1.807, 2.05) is 0 Å². The molecular weight excluding hydrogens is 262 g/mol. The van der Waals surface area contributed by atoms with Crippen LogP contribution in [-0.2, 0) is 14.3 Å². The Labute approximate surface area is 109 Å². The maximum Gasteiger partial charge on any atom is 0.364 e. The normalized spacial score (nSPS) is 38.7. The molecule has 1 aliphatic rings. The summed E-state index contributed by atoms with van der Waals surface area (Å²) in [4.78, 5) is 11.2. The molecule has 0 bridgehead atoms. The van der Waals surface area contributed by atoms with Gasteiger partial charge in [-0.05, 0) is 0 Å². The van der Waals surface area contributed by atoms with Gasteiger partial charge in [0.1, 0.15) is 18.3 Å². The summed E-state index contributed by atoms with van der Waals surface area (Å²) in [5.74, 6) is -3.65. The number of aliphatic hydroxyl groups is 4. The van der Waals surface area contributed by atoms with Crippen molar-refractivity contribution in [3.63, 3.8) is 0 Å². The van der Waals surface area contributed by atoms with Gasteiger partial charge >= 0.3 is 5.97 Å². The minimum atomic E-state index is -2.16. The lowest BCUT2D eigenvalue weighted by Gasteiger charge is -2.44. The second-order valence-electron chi connectivity index (χ2n) is 4.43. The van der Waals surface area contributed by atoms with Crippen molar-refractivity contribution < 1.29 is 39.8 Å². The number of rotatable bonds is 5. The molecular formula is C10H19NO8. The molecule has 0 aromatic heterocycles. The van der Waals surface area contributed by atoms with Crippen LogP contribution in [0.5, 0.6) is 0 Å². The van der Waals surface area contributed by atoms with E-state index in [9.17, 15) is 20.1 Å². The molecule has 0 spiro atoms. The molecule has 1 saturated heterocycles. The first-order valence-electron chi connectivity index (χ1n) is 5.66. The summed E-state index contributed by atoms with van der Waals surface area (Å²) in [6.07, 6.45) is -6.37. The van der Waals surface area contributed by atoms with Crippen LogP contribution in [0.3, 0.4) is 0 Å². The molecule has 19 heavy (non-hydrogen) atoms. The zero-order valence-corrected chi connectivity index (χ0v) is 10.3. The Hall–Kier alpha value is -0.810. The number of carboxylic acids is 1. The van der Waals surface area contributed by atoms with E-state index in [0.29, 0.717) is 0 Å². The summed E-state index contributed by atoms with van der Waals surface area (Å²) in [6.45, 7) is -0.767. The highest BCUT2D eigenvalue weighted by Gasteiger charge is 2.53. The molecule has 9 heteroatoms. The van der Waals surface area contributed by atoms with E-state index < -0.39 is 55.2 Å². The van der Waals surface area contributed by atoms with E-state index in [4.69, 9.17) is 25.4 Å². The van der Waals surface area contributed by atoms with E-state index in [-0.39, 0.29) is 0 Å². The Bertz CT molecular complexity index is 327. The van der Waals surface area contributed by atoms with Gasteiger partial charge in [-0.3, -0.25) is 0 Å². The molecule has 112 valence electrons. The lowest BCUT2D eigenvalue weighted by atomic mass is 9.89. The molecule has 0 aromatic carbocycles. The number of hydrogen-bond donors (Lipinski definition) is 6. The van der Waals surface area contributed by atoms with Crippen LogP contribution in [0.1, 0.15) is 6.42 Å². The molecule has 1 fully saturated rings. The van der Waals surface area contributed by atoms with Crippen LogP contribution in [-0.4, -0.2) is 81.5 Å². The topological polar surface area (TPSA) is 163 Å². The van der Waals surface area contributed by atoms with Gasteiger partial charge in [-0.1, -0.05) is 0 Å². The van der Waals surface area contributed by atoms with Crippen molar-refractivity contribution in [2.45, 2.75) is 42.7 Å². The number of carboxylic acid groups (broad SMARTS) is 1. The molecule has 1 heterocycles. The highest BCUT2D eigenvalue weighted by atomic mass is 16.7. The van der Waals surface area contributed by atoms with Crippen LogP contribution in [0.4, 0.5) is 0 Å². The van der Waals surface area contributed by atoms with Crippen molar-refractivity contribution in [1.29, 1.82) is 0 Å². The van der Waals surface area contributed by atoms with E-state index in [2.05, 4.69) is 0 Å². The number of carbonyl (C=O) groups is 1. The van der Waals surface area contributed by atoms with Crippen LogP contribution in [0.2, 0.25) is 0 Å². The third-order valence-corrected chi connectivity index (χ3v) is 3.20. The summed E-state index contributed by atoms with van der Waals surface area (Å²) in [5, 5.41) is 46.7. The van der Waals surface area contributed by atoms with Gasteiger partial charge < -0.3 is 40.7 Å². The Balaban J connectivity index is 2.99. The lowest BCUT2D eigenvalue weighted by molar-refractivity contribution is -0.301. The standard InChI is InChI=1S/C10H19NO8/c1-18-10(9(16)17)2-4(13)6(11)8(19-10)7(15)5(14)3-12/h4-8,12-15H,2-3,11H2,1H3,(H,16,17)/t4?,5?,6-,7-,8?,10-/m1/s1. The van der Waals surface area contributed by atoms with Crippen LogP contribution in [0, 0.1) is 0 Å². The smallest absolute Gasteiger partial charge is 0.364 e. The van der Waals surface area contributed by atoms with Crippen LogP contribution in [0.15, 0.2) is 0 Å². The van der Waals surface area contributed by atoms with E-state index in [0.717, 1.165) is 7.11 Å². The summed E-state index contributed by atoms with van der Waals surface area (Å²) in [5.41, 5.74) is 5.62. The Morgan fingerprint density at radius 1 is 1.58 bits per heavy atom. The average molecular weight is 281 g/mol. The number of nitrogens with two attached hydrogens (primary N) is 1. The number of aliphatic hydroxyl groups excluding tert-OH is 4. The first-order valence-corrected chi connectivity index (χ1v) is 5.66. The van der Waals surface area contributed by atoms with Crippen molar-refractivity contribution >= 4 is 5.97 Å². The Morgan fingerprint density at radius 2 is 2.16 bits per heavy atom. The highest BCUT2D eigenvalue weighted by Crippen LogP contribution is 2.31. The fraction of sp³-hybridized carbons (Fsp3) is 0.900. The molecule has 3 unspecified atom stereocenters. The molecule has 6 atom stereocenters. The number of hydrogen-bond acceptors (Lipinski definition) is 8. The highest BCUT2D eigenvalue weighted by molar-refractivity contribution is 5.76. The average Bonchev–Trinajstić information content (AvgIpc) is 2.39. The van der Waals surface area contributed by atoms with Crippen LogP contribution >= 0.6 is 0 Å². The van der Waals surface area contributed by atoms with Crippen molar-refractivity contribution in [2.24, 2.45) is 5.73 Å². The number of ether oxygens (including phenoxy) is 2. The Morgan fingerprint density at radius 3 is 2.58 bits per heavy atom. The van der Waals surface area contributed by atoms with Crippen molar-refractivity contribution in [3.05, 3.63) is 0 Å². The van der Waals surface area contributed by atoms with Gasteiger partial charge in [-0.2, -0.15) is 0 Å². The molecule has 0 radical (unpaired) electrons. The molecule has 1 aliphatic heterocycles. The predicted molar refractivity (Wildman–Crippen MR) is 59.9 cm³/mol. The van der Waals surface area contributed by atoms with E-state index in [1.165, 1.54) is 0 Å². The zero-order chi connectivity index (χ0) is 14.8. The molecule has 0 amide bonds. The van der Waals surface area contributed by atoms with Crippen molar-refractivity contribution in [3.8, 4) is 0 Å². The fourth-order valence-electron chi connectivity index (χ4n) is 1.96. The largest absolute Gasteiger partial charge is 0.477 e. The molecule has 7 N–H and O–H groups in total. The van der Waals surface area contributed by atoms with Crippen LogP contribution < -0.4 is 5.73 Å². The number of aliphatic carboxylic acids is 1. The second-order valence-corrected chi connectivity index (χ2v) is 4.43. The van der Waals surface area contributed by atoms with E-state index >= 15 is 0 Å². The monoisotopic (exact) mass is 281 g/mol. The second kappa shape index (κ2) is 6.09. The molecule has 0 saturated carbocycles. The summed E-state index contributed by atoms with van der Waals surface area (Å²) in [7, 11) is 1.07. The fourth-order valence-corrected chi connectivity index (χ4v) is 1.96. The van der Waals surface area contributed by atoms with Gasteiger partial charge in [0.05, 0.1) is 18.8 Å². The van der Waals surface area contributed by atoms with Crippen molar-refractivity contribution in [2.75, 3.05) is 13.7 Å². The van der Waals surface area contributed by atoms with E-state index in [1.54, 1.807) is 0 Å². The van der Waals surface area contributed by atoms with Crippen LogP contribution in [0.25, 0.3) is 0 Å². The van der Waals surface area contributed by atoms with Gasteiger partial charge in [-0.15, -0.1) is 0 Å². The zero-order valence-electron chi connectivity index (χ0n) is 10.3. The van der Waals surface area contributed by atoms with Gasteiger partial charge in [0.15, 0.2) is 0 Å². The molecule has 9 nitrogen and oxygen atoms in total. The predicted octanol–water partition coefficient (Wildman–Crippen LogP) is -3.40. The van der Waals surface area contributed by atoms with Gasteiger partial charge in [0, 0.05) is 13.5 Å². The quantitative estimate of drug-likeness (QED) is 0.301. The van der Waals surface area contributed by atoms with Gasteiger partial charge in [-0.25, -0.2) is 4.79 Å².